The van der Waals surface area contributed by atoms with Crippen LogP contribution in [0.15, 0.2) is 54.6 Å². The SMILES string of the molecule is Cc1cc(Nc2ccc(N(C)C)cc2)nc(Nc2ccc(N(C)C)cc2)n1. The number of benzene rings is 2. The lowest BCUT2D eigenvalue weighted by Crippen LogP contribution is -2.08. The molecule has 0 aliphatic rings. The van der Waals surface area contributed by atoms with Gasteiger partial charge in [-0.05, 0) is 55.5 Å². The van der Waals surface area contributed by atoms with Gasteiger partial charge in [-0.15, -0.1) is 0 Å². The summed E-state index contributed by atoms with van der Waals surface area (Å²) < 4.78 is 0. The van der Waals surface area contributed by atoms with Crippen molar-refractivity contribution >= 4 is 34.5 Å². The zero-order valence-corrected chi connectivity index (χ0v) is 16.5. The monoisotopic (exact) mass is 362 g/mol. The van der Waals surface area contributed by atoms with Crippen LogP contribution in [0.5, 0.6) is 0 Å². The molecule has 0 unspecified atom stereocenters. The molecule has 2 N–H and O–H groups in total. The number of nitrogens with zero attached hydrogens (tertiary/aromatic N) is 4. The van der Waals surface area contributed by atoms with Gasteiger partial charge in [0.2, 0.25) is 5.95 Å². The first-order valence-electron chi connectivity index (χ1n) is 8.85. The van der Waals surface area contributed by atoms with Crippen molar-refractivity contribution in [2.24, 2.45) is 0 Å². The summed E-state index contributed by atoms with van der Waals surface area (Å²) in [6.45, 7) is 1.96. The quantitative estimate of drug-likeness (QED) is 0.678. The summed E-state index contributed by atoms with van der Waals surface area (Å²) in [6.07, 6.45) is 0. The molecule has 27 heavy (non-hydrogen) atoms. The summed E-state index contributed by atoms with van der Waals surface area (Å²) in [5.74, 6) is 1.33. The number of aromatic nitrogens is 2. The van der Waals surface area contributed by atoms with Crippen molar-refractivity contribution in [2.45, 2.75) is 6.92 Å². The van der Waals surface area contributed by atoms with E-state index in [1.165, 1.54) is 0 Å². The minimum atomic E-state index is 0.569. The summed E-state index contributed by atoms with van der Waals surface area (Å²) in [7, 11) is 8.10. The molecule has 0 aliphatic heterocycles. The summed E-state index contributed by atoms with van der Waals surface area (Å²) in [5, 5.41) is 6.62. The number of hydrogen-bond donors (Lipinski definition) is 2. The lowest BCUT2D eigenvalue weighted by atomic mass is 10.2. The second-order valence-electron chi connectivity index (χ2n) is 6.85. The third kappa shape index (κ3) is 4.88. The van der Waals surface area contributed by atoms with Crippen LogP contribution in [0.2, 0.25) is 0 Å². The van der Waals surface area contributed by atoms with Crippen LogP contribution in [0.1, 0.15) is 5.69 Å². The van der Waals surface area contributed by atoms with Gasteiger partial charge in [0.1, 0.15) is 5.82 Å². The molecule has 140 valence electrons. The van der Waals surface area contributed by atoms with Crippen LogP contribution in [0, 0.1) is 6.92 Å². The molecule has 1 heterocycles. The van der Waals surface area contributed by atoms with Crippen LogP contribution in [-0.4, -0.2) is 38.2 Å². The van der Waals surface area contributed by atoms with E-state index >= 15 is 0 Å². The van der Waals surface area contributed by atoms with E-state index in [9.17, 15) is 0 Å². The lowest BCUT2D eigenvalue weighted by Gasteiger charge is -2.14. The molecule has 6 nitrogen and oxygen atoms in total. The molecule has 0 saturated heterocycles. The Labute approximate surface area is 160 Å². The van der Waals surface area contributed by atoms with E-state index in [0.717, 1.165) is 34.3 Å². The Morgan fingerprint density at radius 2 is 1.15 bits per heavy atom. The Morgan fingerprint density at radius 1 is 0.667 bits per heavy atom. The van der Waals surface area contributed by atoms with Gasteiger partial charge < -0.3 is 20.4 Å². The van der Waals surface area contributed by atoms with Crippen LogP contribution in [0.25, 0.3) is 0 Å². The molecule has 0 bridgehead atoms. The van der Waals surface area contributed by atoms with Gasteiger partial charge in [-0.25, -0.2) is 4.98 Å². The van der Waals surface area contributed by atoms with Gasteiger partial charge in [0.15, 0.2) is 0 Å². The number of anilines is 6. The number of rotatable bonds is 6. The Hall–Kier alpha value is -3.28. The van der Waals surface area contributed by atoms with E-state index in [-0.39, 0.29) is 0 Å². The molecule has 6 heteroatoms. The predicted molar refractivity (Wildman–Crippen MR) is 115 cm³/mol. The van der Waals surface area contributed by atoms with Crippen molar-refractivity contribution in [2.75, 3.05) is 48.6 Å². The molecule has 0 amide bonds. The highest BCUT2D eigenvalue weighted by molar-refractivity contribution is 5.63. The Bertz CT molecular complexity index is 814. The normalized spacial score (nSPS) is 10.4. The molecule has 0 saturated carbocycles. The highest BCUT2D eigenvalue weighted by Crippen LogP contribution is 2.22. The third-order valence-corrected chi connectivity index (χ3v) is 4.15. The molecule has 0 aliphatic carbocycles. The van der Waals surface area contributed by atoms with Crippen LogP contribution in [0.4, 0.5) is 34.5 Å². The Kier molecular flexibility index (Phi) is 5.45. The van der Waals surface area contributed by atoms with Gasteiger partial charge in [0, 0.05) is 62.7 Å². The molecule has 1 aromatic heterocycles. The second kappa shape index (κ2) is 7.95. The summed E-state index contributed by atoms with van der Waals surface area (Å²) >= 11 is 0. The average molecular weight is 362 g/mol. The highest BCUT2D eigenvalue weighted by Gasteiger charge is 2.05. The number of hydrogen-bond acceptors (Lipinski definition) is 6. The average Bonchev–Trinajstić information content (AvgIpc) is 2.62. The van der Waals surface area contributed by atoms with E-state index in [0.29, 0.717) is 5.95 Å². The zero-order valence-electron chi connectivity index (χ0n) is 16.5. The molecular formula is C21H26N6. The van der Waals surface area contributed by atoms with Crippen LogP contribution < -0.4 is 20.4 Å². The van der Waals surface area contributed by atoms with E-state index in [2.05, 4.69) is 54.7 Å². The first kappa shape index (κ1) is 18.5. The molecule has 0 spiro atoms. The Morgan fingerprint density at radius 3 is 1.63 bits per heavy atom. The minimum Gasteiger partial charge on any atom is -0.378 e. The van der Waals surface area contributed by atoms with Crippen molar-refractivity contribution in [3.63, 3.8) is 0 Å². The predicted octanol–water partition coefficient (Wildman–Crippen LogP) is 4.40. The lowest BCUT2D eigenvalue weighted by molar-refractivity contribution is 1.10. The number of aryl methyl sites for hydroxylation is 1. The van der Waals surface area contributed by atoms with Gasteiger partial charge in [-0.2, -0.15) is 4.98 Å². The highest BCUT2D eigenvalue weighted by atomic mass is 15.1. The first-order chi connectivity index (χ1) is 12.9. The van der Waals surface area contributed by atoms with Crippen molar-refractivity contribution in [3.8, 4) is 0 Å². The maximum absolute atomic E-state index is 4.59. The maximum Gasteiger partial charge on any atom is 0.229 e. The minimum absolute atomic E-state index is 0.569. The molecule has 3 aromatic rings. The van der Waals surface area contributed by atoms with E-state index in [1.807, 2.05) is 65.4 Å². The summed E-state index contributed by atoms with van der Waals surface area (Å²) in [5.41, 5.74) is 5.13. The number of nitrogens with one attached hydrogen (secondary N) is 2. The molecule has 2 aromatic carbocycles. The van der Waals surface area contributed by atoms with E-state index in [1.54, 1.807) is 0 Å². The van der Waals surface area contributed by atoms with Crippen molar-refractivity contribution in [1.29, 1.82) is 0 Å². The molecule has 3 rings (SSSR count). The van der Waals surface area contributed by atoms with Gasteiger partial charge in [0.25, 0.3) is 0 Å². The van der Waals surface area contributed by atoms with Crippen LogP contribution in [0.3, 0.4) is 0 Å². The standard InChI is InChI=1S/C21H26N6/c1-15-14-20(23-16-6-10-18(11-7-16)26(2)3)25-21(22-15)24-17-8-12-19(13-9-17)27(4)5/h6-14H,1-5H3,(H2,22,23,24,25). The van der Waals surface area contributed by atoms with Crippen LogP contribution in [-0.2, 0) is 0 Å². The van der Waals surface area contributed by atoms with Crippen molar-refractivity contribution in [1.82, 2.24) is 9.97 Å². The second-order valence-corrected chi connectivity index (χ2v) is 6.85. The van der Waals surface area contributed by atoms with E-state index in [4.69, 9.17) is 0 Å². The van der Waals surface area contributed by atoms with Gasteiger partial charge in [-0.3, -0.25) is 0 Å². The maximum atomic E-state index is 4.59. The fourth-order valence-electron chi connectivity index (χ4n) is 2.65. The van der Waals surface area contributed by atoms with E-state index < -0.39 is 0 Å². The van der Waals surface area contributed by atoms with Gasteiger partial charge >= 0.3 is 0 Å². The third-order valence-electron chi connectivity index (χ3n) is 4.15. The molecular weight excluding hydrogens is 336 g/mol. The van der Waals surface area contributed by atoms with Gasteiger partial charge in [-0.1, -0.05) is 0 Å². The summed E-state index contributed by atoms with van der Waals surface area (Å²) in [6, 6.07) is 18.3. The zero-order chi connectivity index (χ0) is 19.4. The van der Waals surface area contributed by atoms with Gasteiger partial charge in [0.05, 0.1) is 0 Å². The Balaban J connectivity index is 1.75. The largest absolute Gasteiger partial charge is 0.378 e. The van der Waals surface area contributed by atoms with Crippen molar-refractivity contribution in [3.05, 3.63) is 60.3 Å². The molecule has 0 fully saturated rings. The smallest absolute Gasteiger partial charge is 0.229 e. The molecule has 0 radical (unpaired) electrons. The van der Waals surface area contributed by atoms with Crippen LogP contribution >= 0.6 is 0 Å². The topological polar surface area (TPSA) is 56.3 Å². The fourth-order valence-corrected chi connectivity index (χ4v) is 2.65. The first-order valence-corrected chi connectivity index (χ1v) is 8.85. The van der Waals surface area contributed by atoms with Crippen molar-refractivity contribution < 1.29 is 0 Å². The molecule has 0 atom stereocenters. The fraction of sp³-hybridized carbons (Fsp3) is 0.238. The summed E-state index contributed by atoms with van der Waals surface area (Å²) in [4.78, 5) is 13.2.